The molecule has 0 aliphatic rings. The molecule has 0 fully saturated rings. The molecule has 0 aliphatic heterocycles. The molecule has 9 heteroatoms. The van der Waals surface area contributed by atoms with Gasteiger partial charge in [-0.2, -0.15) is 0 Å². The number of benzene rings is 1. The zero-order valence-electron chi connectivity index (χ0n) is 15.0. The van der Waals surface area contributed by atoms with Gasteiger partial charge in [-0.25, -0.2) is 9.78 Å². The molecule has 1 amide bonds. The topological polar surface area (TPSA) is 127 Å². The third kappa shape index (κ3) is 5.56. The first-order chi connectivity index (χ1) is 13.0. The van der Waals surface area contributed by atoms with Crippen LogP contribution in [0, 0.1) is 10.1 Å². The Bertz CT molecular complexity index is 797. The lowest BCUT2D eigenvalue weighted by atomic mass is 10.0. The number of nitro groups is 1. The van der Waals surface area contributed by atoms with Crippen LogP contribution in [0.3, 0.4) is 0 Å². The van der Waals surface area contributed by atoms with E-state index in [0.29, 0.717) is 42.2 Å². The highest BCUT2D eigenvalue weighted by atomic mass is 16.6. The van der Waals surface area contributed by atoms with Crippen LogP contribution in [0.2, 0.25) is 0 Å². The van der Waals surface area contributed by atoms with E-state index in [2.05, 4.69) is 15.6 Å². The molecule has 0 saturated heterocycles. The van der Waals surface area contributed by atoms with Gasteiger partial charge < -0.3 is 20.5 Å². The van der Waals surface area contributed by atoms with Gasteiger partial charge in [0, 0.05) is 36.5 Å². The Morgan fingerprint density at radius 3 is 2.63 bits per heavy atom. The fourth-order valence-corrected chi connectivity index (χ4v) is 2.70. The summed E-state index contributed by atoms with van der Waals surface area (Å²) in [6.07, 6.45) is 2.80. The summed E-state index contributed by atoms with van der Waals surface area (Å²) in [7, 11) is 1.50. The molecule has 1 aromatic heterocycles. The number of ether oxygens (including phenoxy) is 1. The molecule has 0 spiro atoms. The second-order valence-electron chi connectivity index (χ2n) is 5.74. The molecule has 27 heavy (non-hydrogen) atoms. The van der Waals surface area contributed by atoms with Crippen molar-refractivity contribution in [1.82, 2.24) is 10.3 Å². The number of pyridine rings is 1. The molecular weight excluding hydrogens is 352 g/mol. The van der Waals surface area contributed by atoms with Crippen molar-refractivity contribution in [1.29, 1.82) is 0 Å². The fraction of sp³-hybridized carbons (Fsp3) is 0.333. The van der Waals surface area contributed by atoms with Gasteiger partial charge in [0.2, 0.25) is 5.88 Å². The number of nitro benzene ring substituents is 1. The van der Waals surface area contributed by atoms with Crippen molar-refractivity contribution >= 4 is 17.5 Å². The number of anilines is 1. The van der Waals surface area contributed by atoms with E-state index in [1.54, 1.807) is 30.5 Å². The quantitative estimate of drug-likeness (QED) is 0.330. The Labute approximate surface area is 156 Å². The number of nitrogens with one attached hydrogen (secondary N) is 2. The summed E-state index contributed by atoms with van der Waals surface area (Å²) in [4.78, 5) is 25.6. The van der Waals surface area contributed by atoms with Crippen molar-refractivity contribution in [3.05, 3.63) is 46.6 Å². The van der Waals surface area contributed by atoms with Crippen LogP contribution in [0.5, 0.6) is 5.88 Å². The van der Waals surface area contributed by atoms with E-state index in [9.17, 15) is 14.9 Å². The zero-order valence-corrected chi connectivity index (χ0v) is 15.0. The standard InChI is InChI=1S/C18H22N4O5/c1-27-17-14(8-6-12-20-17)13-7-5-9-15(22(25)26)16(13)19-10-3-2-4-11-21-18(23)24/h5-9,12,19,21H,2-4,10-11H2,1H3,(H,23,24). The lowest BCUT2D eigenvalue weighted by Crippen LogP contribution is -2.21. The van der Waals surface area contributed by atoms with Gasteiger partial charge in [-0.15, -0.1) is 0 Å². The summed E-state index contributed by atoms with van der Waals surface area (Å²) in [5.74, 6) is 0.390. The Morgan fingerprint density at radius 2 is 1.93 bits per heavy atom. The number of unbranched alkanes of at least 4 members (excludes halogenated alkanes) is 2. The molecule has 1 aromatic carbocycles. The van der Waals surface area contributed by atoms with Crippen LogP contribution in [0.4, 0.5) is 16.2 Å². The van der Waals surface area contributed by atoms with Gasteiger partial charge in [0.25, 0.3) is 5.69 Å². The number of methoxy groups -OCH3 is 1. The van der Waals surface area contributed by atoms with Crippen molar-refractivity contribution in [3.8, 4) is 17.0 Å². The van der Waals surface area contributed by atoms with Crippen molar-refractivity contribution in [2.24, 2.45) is 0 Å². The van der Waals surface area contributed by atoms with Crippen LogP contribution in [0.1, 0.15) is 19.3 Å². The minimum Gasteiger partial charge on any atom is -0.481 e. The van der Waals surface area contributed by atoms with Crippen molar-refractivity contribution in [2.45, 2.75) is 19.3 Å². The van der Waals surface area contributed by atoms with Crippen molar-refractivity contribution < 1.29 is 19.6 Å². The Balaban J connectivity index is 2.14. The molecule has 0 saturated carbocycles. The van der Waals surface area contributed by atoms with Gasteiger partial charge in [-0.05, 0) is 31.4 Å². The molecule has 0 aliphatic carbocycles. The van der Waals surface area contributed by atoms with E-state index in [1.807, 2.05) is 0 Å². The smallest absolute Gasteiger partial charge is 0.404 e. The van der Waals surface area contributed by atoms with E-state index < -0.39 is 11.0 Å². The summed E-state index contributed by atoms with van der Waals surface area (Å²) in [6.45, 7) is 0.909. The van der Waals surface area contributed by atoms with Gasteiger partial charge in [-0.1, -0.05) is 12.1 Å². The van der Waals surface area contributed by atoms with Crippen LogP contribution >= 0.6 is 0 Å². The lowest BCUT2D eigenvalue weighted by molar-refractivity contribution is -0.383. The number of para-hydroxylation sites is 1. The largest absolute Gasteiger partial charge is 0.481 e. The van der Waals surface area contributed by atoms with Crippen LogP contribution in [-0.2, 0) is 0 Å². The van der Waals surface area contributed by atoms with Crippen LogP contribution in [0.15, 0.2) is 36.5 Å². The molecule has 0 bridgehead atoms. The highest BCUT2D eigenvalue weighted by Gasteiger charge is 2.20. The number of carbonyl (C=O) groups is 1. The molecule has 3 N–H and O–H groups in total. The SMILES string of the molecule is COc1ncccc1-c1cccc([N+](=O)[O-])c1NCCCCCNC(=O)O. The molecule has 2 rings (SSSR count). The number of amides is 1. The third-order valence-electron chi connectivity index (χ3n) is 3.93. The number of carboxylic acid groups (broad SMARTS) is 1. The van der Waals surface area contributed by atoms with Gasteiger partial charge in [0.15, 0.2) is 0 Å². The molecule has 1 heterocycles. The summed E-state index contributed by atoms with van der Waals surface area (Å²) in [6, 6.07) is 8.41. The number of aromatic nitrogens is 1. The first-order valence-electron chi connectivity index (χ1n) is 8.52. The van der Waals surface area contributed by atoms with Gasteiger partial charge in [0.05, 0.1) is 12.0 Å². The average molecular weight is 374 g/mol. The zero-order chi connectivity index (χ0) is 19.6. The maximum absolute atomic E-state index is 11.5. The monoisotopic (exact) mass is 374 g/mol. The van der Waals surface area contributed by atoms with E-state index in [-0.39, 0.29) is 5.69 Å². The summed E-state index contributed by atoms with van der Waals surface area (Å²) in [5.41, 5.74) is 1.70. The molecule has 0 atom stereocenters. The van der Waals surface area contributed by atoms with Gasteiger partial charge >= 0.3 is 6.09 Å². The molecular formula is C18H22N4O5. The molecule has 2 aromatic rings. The number of hydrogen-bond donors (Lipinski definition) is 3. The van der Waals surface area contributed by atoms with E-state index in [0.717, 1.165) is 12.8 Å². The summed E-state index contributed by atoms with van der Waals surface area (Å²) in [5, 5.41) is 25.4. The van der Waals surface area contributed by atoms with Crippen LogP contribution < -0.4 is 15.4 Å². The lowest BCUT2D eigenvalue weighted by Gasteiger charge is -2.14. The van der Waals surface area contributed by atoms with Crippen molar-refractivity contribution in [3.63, 3.8) is 0 Å². The summed E-state index contributed by atoms with van der Waals surface area (Å²) < 4.78 is 5.28. The van der Waals surface area contributed by atoms with Gasteiger partial charge in [-0.3, -0.25) is 10.1 Å². The fourth-order valence-electron chi connectivity index (χ4n) is 2.70. The van der Waals surface area contributed by atoms with E-state index in [1.165, 1.54) is 13.2 Å². The highest BCUT2D eigenvalue weighted by molar-refractivity contribution is 5.86. The Kier molecular flexibility index (Phi) is 7.36. The van der Waals surface area contributed by atoms with Gasteiger partial charge in [0.1, 0.15) is 5.69 Å². The predicted octanol–water partition coefficient (Wildman–Crippen LogP) is 3.52. The maximum Gasteiger partial charge on any atom is 0.404 e. The third-order valence-corrected chi connectivity index (χ3v) is 3.93. The molecule has 9 nitrogen and oxygen atoms in total. The molecule has 0 unspecified atom stereocenters. The normalized spacial score (nSPS) is 10.3. The minimum absolute atomic E-state index is 0.0223. The van der Waals surface area contributed by atoms with Crippen LogP contribution in [0.25, 0.3) is 11.1 Å². The minimum atomic E-state index is -1.04. The van der Waals surface area contributed by atoms with E-state index >= 15 is 0 Å². The second kappa shape index (κ2) is 9.95. The number of nitrogens with zero attached hydrogens (tertiary/aromatic N) is 2. The molecule has 144 valence electrons. The number of hydrogen-bond acceptors (Lipinski definition) is 6. The average Bonchev–Trinajstić information content (AvgIpc) is 2.66. The number of rotatable bonds is 10. The van der Waals surface area contributed by atoms with E-state index in [4.69, 9.17) is 9.84 Å². The summed E-state index contributed by atoms with van der Waals surface area (Å²) >= 11 is 0. The maximum atomic E-state index is 11.5. The second-order valence-corrected chi connectivity index (χ2v) is 5.74. The molecule has 0 radical (unpaired) electrons. The first kappa shape index (κ1) is 20.0. The first-order valence-corrected chi connectivity index (χ1v) is 8.52. The van der Waals surface area contributed by atoms with Crippen LogP contribution in [-0.4, -0.2) is 41.3 Å². The highest BCUT2D eigenvalue weighted by Crippen LogP contribution is 2.38. The van der Waals surface area contributed by atoms with Crippen molar-refractivity contribution in [2.75, 3.05) is 25.5 Å². The Morgan fingerprint density at radius 1 is 1.19 bits per heavy atom. The Hall–Kier alpha value is -3.36. The predicted molar refractivity (Wildman–Crippen MR) is 101 cm³/mol.